The highest BCUT2D eigenvalue weighted by atomic mass is 32.2. The van der Waals surface area contributed by atoms with Gasteiger partial charge in [-0.05, 0) is 37.9 Å². The average molecular weight is 270 g/mol. The zero-order valence-electron chi connectivity index (χ0n) is 11.6. The van der Waals surface area contributed by atoms with Crippen molar-refractivity contribution in [1.82, 2.24) is 10.6 Å². The fraction of sp³-hybridized carbons (Fsp3) is 0.929. The largest absolute Gasteiger partial charge is 0.355 e. The molecule has 3 nitrogen and oxygen atoms in total. The number of nitrogens with one attached hydrogen (secondary N) is 2. The van der Waals surface area contributed by atoms with Crippen LogP contribution in [0.3, 0.4) is 0 Å². The summed E-state index contributed by atoms with van der Waals surface area (Å²) < 4.78 is 0. The van der Waals surface area contributed by atoms with E-state index in [9.17, 15) is 4.79 Å². The summed E-state index contributed by atoms with van der Waals surface area (Å²) >= 11 is 1.86. The normalized spacial score (nSPS) is 32.9. The molecule has 0 aromatic carbocycles. The van der Waals surface area contributed by atoms with Crippen molar-refractivity contribution >= 4 is 17.7 Å². The predicted molar refractivity (Wildman–Crippen MR) is 77.9 cm³/mol. The average Bonchev–Trinajstić information content (AvgIpc) is 2.82. The first-order valence-corrected chi connectivity index (χ1v) is 8.56. The van der Waals surface area contributed by atoms with Crippen molar-refractivity contribution in [2.45, 2.75) is 62.8 Å². The summed E-state index contributed by atoms with van der Waals surface area (Å²) in [6.45, 7) is 3.02. The summed E-state index contributed by atoms with van der Waals surface area (Å²) in [4.78, 5) is 12.1. The molecular weight excluding hydrogens is 244 g/mol. The Morgan fingerprint density at radius 2 is 2.22 bits per heavy atom. The first-order valence-electron chi connectivity index (χ1n) is 7.27. The van der Waals surface area contributed by atoms with Gasteiger partial charge in [-0.15, -0.1) is 0 Å². The second-order valence-electron chi connectivity index (χ2n) is 5.73. The first kappa shape index (κ1) is 14.2. The van der Waals surface area contributed by atoms with Crippen LogP contribution >= 0.6 is 11.8 Å². The number of carbonyl (C=O) groups excluding carboxylic acids is 1. The molecular formula is C14H26N2OS. The topological polar surface area (TPSA) is 41.1 Å². The predicted octanol–water partition coefficient (Wildman–Crippen LogP) is 2.16. The molecule has 1 saturated heterocycles. The van der Waals surface area contributed by atoms with Crippen LogP contribution in [0.5, 0.6) is 0 Å². The van der Waals surface area contributed by atoms with Crippen LogP contribution in [-0.2, 0) is 4.79 Å². The molecule has 2 N–H and O–H groups in total. The molecule has 1 amide bonds. The summed E-state index contributed by atoms with van der Waals surface area (Å²) in [5.41, 5.74) is 0. The van der Waals surface area contributed by atoms with Gasteiger partial charge >= 0.3 is 0 Å². The molecule has 1 heterocycles. The van der Waals surface area contributed by atoms with Crippen molar-refractivity contribution in [3.05, 3.63) is 0 Å². The fourth-order valence-corrected chi connectivity index (χ4v) is 3.51. The first-order chi connectivity index (χ1) is 8.70. The van der Waals surface area contributed by atoms with Gasteiger partial charge in [-0.25, -0.2) is 0 Å². The van der Waals surface area contributed by atoms with Crippen molar-refractivity contribution in [3.8, 4) is 0 Å². The van der Waals surface area contributed by atoms with Gasteiger partial charge < -0.3 is 10.6 Å². The number of rotatable bonds is 5. The highest BCUT2D eigenvalue weighted by molar-refractivity contribution is 7.99. The van der Waals surface area contributed by atoms with Crippen molar-refractivity contribution in [3.63, 3.8) is 0 Å². The number of hydrogen-bond acceptors (Lipinski definition) is 3. The monoisotopic (exact) mass is 270 g/mol. The number of amides is 1. The standard InChI is InChI=1S/C14H26N2OS/c1-10(18-2)7-8-15-14(17)13-9-11-5-3-4-6-12(11)16-13/h10-13,16H,3-9H2,1-2H3,(H,15,17). The summed E-state index contributed by atoms with van der Waals surface area (Å²) in [5.74, 6) is 0.970. The van der Waals surface area contributed by atoms with Crippen LogP contribution in [-0.4, -0.2) is 36.0 Å². The van der Waals surface area contributed by atoms with Gasteiger partial charge in [-0.1, -0.05) is 19.8 Å². The van der Waals surface area contributed by atoms with Crippen molar-refractivity contribution in [2.75, 3.05) is 12.8 Å². The molecule has 18 heavy (non-hydrogen) atoms. The lowest BCUT2D eigenvalue weighted by atomic mass is 9.85. The van der Waals surface area contributed by atoms with Gasteiger partial charge in [0.1, 0.15) is 0 Å². The Kier molecular flexibility index (Phi) is 5.37. The Balaban J connectivity index is 1.70. The lowest BCUT2D eigenvalue weighted by molar-refractivity contribution is -0.122. The SMILES string of the molecule is CSC(C)CCNC(=O)C1CC2CCCCC2N1. The molecule has 0 radical (unpaired) electrons. The molecule has 0 aromatic rings. The summed E-state index contributed by atoms with van der Waals surface area (Å²) in [5, 5.41) is 7.24. The van der Waals surface area contributed by atoms with E-state index in [1.807, 2.05) is 11.8 Å². The van der Waals surface area contributed by atoms with Crippen LogP contribution in [0.1, 0.15) is 45.4 Å². The smallest absolute Gasteiger partial charge is 0.237 e. The Morgan fingerprint density at radius 1 is 1.44 bits per heavy atom. The second kappa shape index (κ2) is 6.80. The van der Waals surface area contributed by atoms with Gasteiger partial charge in [0, 0.05) is 17.8 Å². The van der Waals surface area contributed by atoms with Crippen LogP contribution in [0.4, 0.5) is 0 Å². The minimum Gasteiger partial charge on any atom is -0.355 e. The maximum atomic E-state index is 12.1. The third-order valence-electron chi connectivity index (χ3n) is 4.43. The van der Waals surface area contributed by atoms with Gasteiger partial charge in [-0.2, -0.15) is 11.8 Å². The Hall–Kier alpha value is -0.220. The van der Waals surface area contributed by atoms with Crippen LogP contribution in [0.15, 0.2) is 0 Å². The molecule has 0 spiro atoms. The molecule has 1 aliphatic carbocycles. The summed E-state index contributed by atoms with van der Waals surface area (Å²) in [6, 6.07) is 0.683. The molecule has 2 aliphatic rings. The maximum Gasteiger partial charge on any atom is 0.237 e. The van der Waals surface area contributed by atoms with Crippen LogP contribution in [0.2, 0.25) is 0 Å². The molecule has 1 saturated carbocycles. The molecule has 2 fully saturated rings. The zero-order chi connectivity index (χ0) is 13.0. The van der Waals surface area contributed by atoms with E-state index in [4.69, 9.17) is 0 Å². The van der Waals surface area contributed by atoms with E-state index in [-0.39, 0.29) is 11.9 Å². The van der Waals surface area contributed by atoms with Gasteiger partial charge in [0.05, 0.1) is 6.04 Å². The number of carbonyl (C=O) groups is 1. The molecule has 104 valence electrons. The number of thioether (sulfide) groups is 1. The fourth-order valence-electron chi connectivity index (χ4n) is 3.16. The van der Waals surface area contributed by atoms with Gasteiger partial charge in [0.2, 0.25) is 5.91 Å². The lowest BCUT2D eigenvalue weighted by Gasteiger charge is -2.24. The Labute approximate surface area is 115 Å². The summed E-state index contributed by atoms with van der Waals surface area (Å²) in [7, 11) is 0. The minimum atomic E-state index is 0.0719. The van der Waals surface area contributed by atoms with Gasteiger partial charge in [0.15, 0.2) is 0 Å². The van der Waals surface area contributed by atoms with Crippen molar-refractivity contribution in [2.24, 2.45) is 5.92 Å². The van der Waals surface area contributed by atoms with Crippen LogP contribution in [0.25, 0.3) is 0 Å². The van der Waals surface area contributed by atoms with E-state index in [1.54, 1.807) is 0 Å². The van der Waals surface area contributed by atoms with Crippen LogP contribution in [0, 0.1) is 5.92 Å². The third-order valence-corrected chi connectivity index (χ3v) is 5.47. The number of fused-ring (bicyclic) bond motifs is 1. The molecule has 2 rings (SSSR count). The summed E-state index contributed by atoms with van der Waals surface area (Å²) in [6.07, 6.45) is 9.48. The molecule has 4 atom stereocenters. The molecule has 4 unspecified atom stereocenters. The van der Waals surface area contributed by atoms with E-state index >= 15 is 0 Å². The van der Waals surface area contributed by atoms with E-state index in [2.05, 4.69) is 23.8 Å². The van der Waals surface area contributed by atoms with E-state index in [0.29, 0.717) is 11.3 Å². The van der Waals surface area contributed by atoms with Gasteiger partial charge in [0.25, 0.3) is 0 Å². The molecule has 1 aliphatic heterocycles. The Bertz CT molecular complexity index is 271. The van der Waals surface area contributed by atoms with E-state index in [0.717, 1.165) is 25.3 Å². The lowest BCUT2D eigenvalue weighted by Crippen LogP contribution is -2.43. The second-order valence-corrected chi connectivity index (χ2v) is 7.01. The quantitative estimate of drug-likeness (QED) is 0.804. The van der Waals surface area contributed by atoms with Crippen LogP contribution < -0.4 is 10.6 Å². The Morgan fingerprint density at radius 3 is 2.94 bits per heavy atom. The maximum absolute atomic E-state index is 12.1. The van der Waals surface area contributed by atoms with Crippen molar-refractivity contribution < 1.29 is 4.79 Å². The van der Waals surface area contributed by atoms with Gasteiger partial charge in [-0.3, -0.25) is 4.79 Å². The highest BCUT2D eigenvalue weighted by Gasteiger charge is 2.37. The third kappa shape index (κ3) is 3.64. The minimum absolute atomic E-state index is 0.0719. The van der Waals surface area contributed by atoms with E-state index in [1.165, 1.54) is 25.7 Å². The molecule has 4 heteroatoms. The zero-order valence-corrected chi connectivity index (χ0v) is 12.4. The van der Waals surface area contributed by atoms with Crippen molar-refractivity contribution in [1.29, 1.82) is 0 Å². The van der Waals surface area contributed by atoms with E-state index < -0.39 is 0 Å². The number of hydrogen-bond donors (Lipinski definition) is 2. The molecule has 0 aromatic heterocycles. The molecule has 0 bridgehead atoms. The highest BCUT2D eigenvalue weighted by Crippen LogP contribution is 2.33.